The fourth-order valence-electron chi connectivity index (χ4n) is 2.54. The normalized spacial score (nSPS) is 14.7. The van der Waals surface area contributed by atoms with E-state index in [9.17, 15) is 0 Å². The van der Waals surface area contributed by atoms with Crippen molar-refractivity contribution in [1.82, 2.24) is 14.9 Å². The number of imidazole rings is 1. The van der Waals surface area contributed by atoms with E-state index in [-0.39, 0.29) is 0 Å². The lowest BCUT2D eigenvalue weighted by atomic mass is 10.2. The summed E-state index contributed by atoms with van der Waals surface area (Å²) in [6.45, 7) is 0.842. The van der Waals surface area contributed by atoms with Gasteiger partial charge in [-0.2, -0.15) is 0 Å². The van der Waals surface area contributed by atoms with E-state index in [2.05, 4.69) is 33.1 Å². The summed E-state index contributed by atoms with van der Waals surface area (Å²) in [5, 5.41) is 4.30. The maximum Gasteiger partial charge on any atom is 0.100 e. The van der Waals surface area contributed by atoms with Gasteiger partial charge in [0.05, 0.1) is 11.0 Å². The van der Waals surface area contributed by atoms with Crippen LogP contribution in [0, 0.1) is 0 Å². The lowest BCUT2D eigenvalue weighted by molar-refractivity contribution is 0.688. The molecule has 3 nitrogen and oxygen atoms in total. The molecule has 1 aromatic heterocycles. The second-order valence-electron chi connectivity index (χ2n) is 5.53. The Bertz CT molecular complexity index is 790. The highest BCUT2D eigenvalue weighted by Gasteiger charge is 2.20. The summed E-state index contributed by atoms with van der Waals surface area (Å²) in [6.07, 6.45) is 4.42. The van der Waals surface area contributed by atoms with Gasteiger partial charge >= 0.3 is 0 Å². The molecule has 0 unspecified atom stereocenters. The number of aromatic nitrogens is 2. The fraction of sp³-hybridized carbons (Fsp3) is 0.235. The fourth-order valence-corrected chi connectivity index (χ4v) is 2.78. The zero-order valence-electron chi connectivity index (χ0n) is 11.6. The van der Waals surface area contributed by atoms with Crippen LogP contribution >= 0.6 is 11.6 Å². The van der Waals surface area contributed by atoms with E-state index in [4.69, 9.17) is 11.6 Å². The van der Waals surface area contributed by atoms with Crippen molar-refractivity contribution in [2.75, 3.05) is 0 Å². The minimum Gasteiger partial charge on any atom is -0.310 e. The zero-order valence-corrected chi connectivity index (χ0v) is 12.3. The molecule has 0 amide bonds. The largest absolute Gasteiger partial charge is 0.310 e. The van der Waals surface area contributed by atoms with Crippen LogP contribution in [0.15, 0.2) is 48.8 Å². The smallest absolute Gasteiger partial charge is 0.100 e. The monoisotopic (exact) mass is 297 g/mol. The number of fused-ring (bicyclic) bond motifs is 1. The maximum absolute atomic E-state index is 6.43. The van der Waals surface area contributed by atoms with Gasteiger partial charge in [-0.3, -0.25) is 4.57 Å². The first-order valence-corrected chi connectivity index (χ1v) is 7.63. The van der Waals surface area contributed by atoms with Gasteiger partial charge in [-0.1, -0.05) is 29.8 Å². The second kappa shape index (κ2) is 5.17. The first-order chi connectivity index (χ1) is 10.3. The van der Waals surface area contributed by atoms with E-state index in [1.165, 1.54) is 12.8 Å². The van der Waals surface area contributed by atoms with Gasteiger partial charge in [-0.05, 0) is 42.7 Å². The zero-order chi connectivity index (χ0) is 14.2. The van der Waals surface area contributed by atoms with Crippen LogP contribution in [0.25, 0.3) is 16.7 Å². The summed E-state index contributed by atoms with van der Waals surface area (Å²) >= 11 is 6.43. The van der Waals surface area contributed by atoms with Crippen LogP contribution in [0.4, 0.5) is 0 Å². The van der Waals surface area contributed by atoms with Crippen molar-refractivity contribution in [3.05, 3.63) is 59.4 Å². The van der Waals surface area contributed by atoms with Crippen molar-refractivity contribution in [2.24, 2.45) is 0 Å². The maximum atomic E-state index is 6.43. The van der Waals surface area contributed by atoms with Crippen molar-refractivity contribution in [2.45, 2.75) is 25.4 Å². The van der Waals surface area contributed by atoms with Crippen LogP contribution in [-0.2, 0) is 6.54 Å². The Kier molecular flexibility index (Phi) is 3.17. The Hall–Kier alpha value is -1.84. The Morgan fingerprint density at radius 3 is 2.86 bits per heavy atom. The molecule has 0 atom stereocenters. The molecule has 0 bridgehead atoms. The van der Waals surface area contributed by atoms with Crippen LogP contribution < -0.4 is 5.32 Å². The van der Waals surface area contributed by atoms with E-state index < -0.39 is 0 Å². The molecule has 0 radical (unpaired) electrons. The summed E-state index contributed by atoms with van der Waals surface area (Å²) in [5.41, 5.74) is 4.28. The molecule has 1 N–H and O–H groups in total. The third-order valence-electron chi connectivity index (χ3n) is 3.93. The van der Waals surface area contributed by atoms with E-state index in [0.29, 0.717) is 6.04 Å². The van der Waals surface area contributed by atoms with Crippen LogP contribution in [0.5, 0.6) is 0 Å². The number of rotatable bonds is 4. The van der Waals surface area contributed by atoms with Gasteiger partial charge in [0.15, 0.2) is 0 Å². The number of nitrogens with one attached hydrogen (secondary N) is 1. The van der Waals surface area contributed by atoms with Crippen molar-refractivity contribution in [3.63, 3.8) is 0 Å². The molecule has 21 heavy (non-hydrogen) atoms. The van der Waals surface area contributed by atoms with E-state index in [0.717, 1.165) is 33.9 Å². The van der Waals surface area contributed by atoms with Crippen molar-refractivity contribution >= 4 is 22.6 Å². The third kappa shape index (κ3) is 2.55. The molecule has 1 fully saturated rings. The van der Waals surface area contributed by atoms with Gasteiger partial charge in [-0.25, -0.2) is 4.98 Å². The van der Waals surface area contributed by atoms with Gasteiger partial charge in [0, 0.05) is 23.3 Å². The predicted molar refractivity (Wildman–Crippen MR) is 85.9 cm³/mol. The molecule has 3 aromatic rings. The van der Waals surface area contributed by atoms with Gasteiger partial charge in [0.2, 0.25) is 0 Å². The number of hydrogen-bond acceptors (Lipinski definition) is 2. The summed E-state index contributed by atoms with van der Waals surface area (Å²) in [7, 11) is 0. The topological polar surface area (TPSA) is 29.9 Å². The molecule has 0 aliphatic heterocycles. The molecule has 1 saturated carbocycles. The van der Waals surface area contributed by atoms with Gasteiger partial charge < -0.3 is 5.32 Å². The molecular weight excluding hydrogens is 282 g/mol. The minimum atomic E-state index is 0.693. The first-order valence-electron chi connectivity index (χ1n) is 7.25. The molecule has 1 aliphatic carbocycles. The van der Waals surface area contributed by atoms with Gasteiger partial charge in [0.25, 0.3) is 0 Å². The quantitative estimate of drug-likeness (QED) is 0.791. The standard InChI is InChI=1S/C17H16ClN3/c18-15-9-14(8-5-12(15)10-19-13-6-7-13)21-11-20-16-3-1-2-4-17(16)21/h1-5,8-9,11,13,19H,6-7,10H2. The molecule has 1 aliphatic rings. The average Bonchev–Trinajstić information content (AvgIpc) is 3.23. The first kappa shape index (κ1) is 12.9. The van der Waals surface area contributed by atoms with E-state index >= 15 is 0 Å². The average molecular weight is 298 g/mol. The lowest BCUT2D eigenvalue weighted by Gasteiger charge is -2.09. The van der Waals surface area contributed by atoms with E-state index in [1.54, 1.807) is 0 Å². The van der Waals surface area contributed by atoms with Crippen LogP contribution in [-0.4, -0.2) is 15.6 Å². The van der Waals surface area contributed by atoms with Crippen molar-refractivity contribution in [3.8, 4) is 5.69 Å². The number of hydrogen-bond donors (Lipinski definition) is 1. The molecule has 106 valence electrons. The van der Waals surface area contributed by atoms with E-state index in [1.807, 2.05) is 30.6 Å². The molecular formula is C17H16ClN3. The number of nitrogens with zero attached hydrogens (tertiary/aromatic N) is 2. The predicted octanol–water partition coefficient (Wildman–Crippen LogP) is 3.93. The SMILES string of the molecule is Clc1cc(-n2cnc3ccccc32)ccc1CNC1CC1. The molecule has 2 aromatic carbocycles. The number of para-hydroxylation sites is 2. The number of benzene rings is 2. The molecule has 4 rings (SSSR count). The Morgan fingerprint density at radius 1 is 1.19 bits per heavy atom. The van der Waals surface area contributed by atoms with Gasteiger partial charge in [-0.15, -0.1) is 0 Å². The molecule has 0 spiro atoms. The molecule has 4 heteroatoms. The number of halogens is 1. The lowest BCUT2D eigenvalue weighted by Crippen LogP contribution is -2.15. The van der Waals surface area contributed by atoms with Crippen molar-refractivity contribution < 1.29 is 0 Å². The van der Waals surface area contributed by atoms with Crippen LogP contribution in [0.1, 0.15) is 18.4 Å². The van der Waals surface area contributed by atoms with Gasteiger partial charge in [0.1, 0.15) is 6.33 Å². The summed E-state index contributed by atoms with van der Waals surface area (Å²) in [6, 6.07) is 15.0. The van der Waals surface area contributed by atoms with Crippen LogP contribution in [0.2, 0.25) is 5.02 Å². The molecule has 1 heterocycles. The summed E-state index contributed by atoms with van der Waals surface area (Å²) in [5.74, 6) is 0. The summed E-state index contributed by atoms with van der Waals surface area (Å²) in [4.78, 5) is 4.42. The molecule has 0 saturated heterocycles. The highest BCUT2D eigenvalue weighted by atomic mass is 35.5. The summed E-state index contributed by atoms with van der Waals surface area (Å²) < 4.78 is 2.07. The Labute approximate surface area is 128 Å². The third-order valence-corrected chi connectivity index (χ3v) is 4.28. The Balaban J connectivity index is 1.67. The highest BCUT2D eigenvalue weighted by molar-refractivity contribution is 6.31. The highest BCUT2D eigenvalue weighted by Crippen LogP contribution is 2.25. The Morgan fingerprint density at radius 2 is 2.05 bits per heavy atom. The minimum absolute atomic E-state index is 0.693. The van der Waals surface area contributed by atoms with Crippen molar-refractivity contribution in [1.29, 1.82) is 0 Å². The van der Waals surface area contributed by atoms with Crippen LogP contribution in [0.3, 0.4) is 0 Å². The second-order valence-corrected chi connectivity index (χ2v) is 5.94.